The van der Waals surface area contributed by atoms with Crippen LogP contribution in [0.15, 0.2) is 65.4 Å². The maximum Gasteiger partial charge on any atom is 0.349 e. The molecule has 4 rings (SSSR count). The Morgan fingerprint density at radius 3 is 2.34 bits per heavy atom. The highest BCUT2D eigenvalue weighted by Gasteiger charge is 2.46. The van der Waals surface area contributed by atoms with E-state index in [1.165, 1.54) is 28.2 Å². The Hall–Kier alpha value is -1.51. The van der Waals surface area contributed by atoms with Gasteiger partial charge in [-0.05, 0) is 41.3 Å². The summed E-state index contributed by atoms with van der Waals surface area (Å²) in [5.74, 6) is -0.555. The number of hydrogen-bond donors (Lipinski definition) is 1. The minimum atomic E-state index is -1.73. The number of quaternary nitrogens is 1. The fourth-order valence-corrected chi connectivity index (χ4v) is 6.23. The molecular weight excluding hydrogens is 506 g/mol. The Morgan fingerprint density at radius 2 is 1.75 bits per heavy atom. The van der Waals surface area contributed by atoms with Crippen molar-refractivity contribution in [2.24, 2.45) is 0 Å². The van der Waals surface area contributed by atoms with Gasteiger partial charge in [-0.15, -0.1) is 22.7 Å². The molecule has 0 amide bonds. The predicted molar refractivity (Wildman–Crippen MR) is 126 cm³/mol. The summed E-state index contributed by atoms with van der Waals surface area (Å²) in [5.41, 5.74) is -0.359. The summed E-state index contributed by atoms with van der Waals surface area (Å²) in [4.78, 5) is 14.5. The molecule has 172 valence electrons. The van der Waals surface area contributed by atoms with E-state index < -0.39 is 11.6 Å². The molecule has 7 heteroatoms. The summed E-state index contributed by atoms with van der Waals surface area (Å²) in [6.45, 7) is 2.96. The average Bonchev–Trinajstić information content (AvgIpc) is 3.49. The third kappa shape index (κ3) is 5.69. The topological polar surface area (TPSA) is 46.5 Å². The Bertz CT molecular complexity index is 928. The lowest BCUT2D eigenvalue weighted by atomic mass is 9.99. The van der Waals surface area contributed by atoms with E-state index >= 15 is 0 Å². The van der Waals surface area contributed by atoms with Crippen molar-refractivity contribution in [2.75, 3.05) is 26.7 Å². The standard InChI is InChI=1S/C25H30NO3S2.BrH/c1-26(15-5-11-20-9-3-2-4-10-20)16-6-12-21(19-26)29-24(27)25(28,22-13-7-17-30-22)23-14-8-18-31-23;/h2-4,7-10,13-14,17-18,21,28H,5-6,11-12,15-16,19H2,1H3;1H/q+1;/p-1/t21-,26?;/m1./s1. The molecule has 2 aromatic heterocycles. The molecule has 2 atom stereocenters. The van der Waals surface area contributed by atoms with Crippen molar-refractivity contribution in [3.05, 3.63) is 80.7 Å². The zero-order chi connectivity index (χ0) is 21.7. The second-order valence-electron chi connectivity index (χ2n) is 8.67. The molecule has 3 heterocycles. The number of rotatable bonds is 8. The van der Waals surface area contributed by atoms with Crippen molar-refractivity contribution in [3.63, 3.8) is 0 Å². The van der Waals surface area contributed by atoms with Crippen LogP contribution in [0.1, 0.15) is 34.6 Å². The lowest BCUT2D eigenvalue weighted by molar-refractivity contribution is -0.917. The molecule has 3 aromatic rings. The molecule has 0 aliphatic carbocycles. The van der Waals surface area contributed by atoms with E-state index in [4.69, 9.17) is 4.74 Å². The van der Waals surface area contributed by atoms with Crippen molar-refractivity contribution in [1.29, 1.82) is 0 Å². The van der Waals surface area contributed by atoms with Crippen LogP contribution in [0.2, 0.25) is 0 Å². The van der Waals surface area contributed by atoms with Gasteiger partial charge in [-0.2, -0.15) is 0 Å². The van der Waals surface area contributed by atoms with Gasteiger partial charge in [-0.25, -0.2) is 4.79 Å². The van der Waals surface area contributed by atoms with E-state index in [1.54, 1.807) is 12.1 Å². The summed E-state index contributed by atoms with van der Waals surface area (Å²) in [7, 11) is 2.26. The summed E-state index contributed by atoms with van der Waals surface area (Å²) >= 11 is 2.76. The van der Waals surface area contributed by atoms with Crippen molar-refractivity contribution < 1.29 is 36.1 Å². The van der Waals surface area contributed by atoms with E-state index in [2.05, 4.69) is 37.4 Å². The van der Waals surface area contributed by atoms with E-state index in [9.17, 15) is 9.90 Å². The maximum atomic E-state index is 13.3. The number of ether oxygens (including phenoxy) is 1. The fraction of sp³-hybridized carbons (Fsp3) is 0.400. The number of esters is 1. The maximum absolute atomic E-state index is 13.3. The van der Waals surface area contributed by atoms with Gasteiger partial charge in [0.05, 0.1) is 29.9 Å². The highest BCUT2D eigenvalue weighted by atomic mass is 79.9. The number of nitrogens with zero attached hydrogens (tertiary/aromatic N) is 1. The van der Waals surface area contributed by atoms with Gasteiger partial charge in [-0.1, -0.05) is 42.5 Å². The van der Waals surface area contributed by atoms with Crippen molar-refractivity contribution in [1.82, 2.24) is 0 Å². The lowest BCUT2D eigenvalue weighted by Crippen LogP contribution is -3.00. The molecule has 1 fully saturated rings. The number of likely N-dealkylation sites (tertiary alicyclic amines) is 1. The number of thiophene rings is 2. The first-order valence-electron chi connectivity index (χ1n) is 10.9. The first-order valence-corrected chi connectivity index (χ1v) is 12.6. The number of carbonyl (C=O) groups excluding carboxylic acids is 1. The molecule has 1 N–H and O–H groups in total. The molecule has 0 radical (unpaired) electrons. The van der Waals surface area contributed by atoms with E-state index in [0.717, 1.165) is 49.8 Å². The molecule has 32 heavy (non-hydrogen) atoms. The summed E-state index contributed by atoms with van der Waals surface area (Å²) < 4.78 is 6.88. The summed E-state index contributed by atoms with van der Waals surface area (Å²) in [5, 5.41) is 15.2. The molecule has 1 aliphatic heterocycles. The zero-order valence-corrected chi connectivity index (χ0v) is 21.5. The molecule has 0 spiro atoms. The second-order valence-corrected chi connectivity index (χ2v) is 10.6. The Kier molecular flexibility index (Phi) is 8.69. The molecule has 1 aromatic carbocycles. The van der Waals surface area contributed by atoms with E-state index in [1.807, 2.05) is 22.9 Å². The number of carbonyl (C=O) groups is 1. The minimum Gasteiger partial charge on any atom is -1.00 e. The molecular formula is C25H30BrNO3S2. The number of aliphatic hydroxyl groups is 1. The quantitative estimate of drug-likeness (QED) is 0.353. The SMILES string of the molecule is C[N+]1(CCCc2ccccc2)CCC[C@@H](OC(=O)C(O)(c2cccs2)c2cccs2)C1.[Br-]. The van der Waals surface area contributed by atoms with Crippen LogP contribution >= 0.6 is 22.7 Å². The van der Waals surface area contributed by atoms with Gasteiger partial charge < -0.3 is 31.3 Å². The van der Waals surface area contributed by atoms with Gasteiger partial charge in [0.15, 0.2) is 6.10 Å². The first-order chi connectivity index (χ1) is 15.0. The second kappa shape index (κ2) is 11.1. The lowest BCUT2D eigenvalue weighted by Gasteiger charge is -2.41. The van der Waals surface area contributed by atoms with Gasteiger partial charge in [0, 0.05) is 12.8 Å². The third-order valence-electron chi connectivity index (χ3n) is 6.20. The number of halogens is 1. The van der Waals surface area contributed by atoms with E-state index in [-0.39, 0.29) is 23.1 Å². The number of hydrogen-bond acceptors (Lipinski definition) is 5. The van der Waals surface area contributed by atoms with Crippen LogP contribution in [-0.2, 0) is 21.6 Å². The zero-order valence-electron chi connectivity index (χ0n) is 18.3. The van der Waals surface area contributed by atoms with Crippen LogP contribution in [0.4, 0.5) is 0 Å². The highest BCUT2D eigenvalue weighted by Crippen LogP contribution is 2.37. The monoisotopic (exact) mass is 535 g/mol. The molecule has 0 bridgehead atoms. The summed E-state index contributed by atoms with van der Waals surface area (Å²) in [6, 6.07) is 17.9. The van der Waals surface area contributed by atoms with Gasteiger partial charge in [-0.3, -0.25) is 0 Å². The van der Waals surface area contributed by atoms with Crippen LogP contribution in [0.5, 0.6) is 0 Å². The van der Waals surface area contributed by atoms with Gasteiger partial charge in [0.25, 0.3) is 0 Å². The van der Waals surface area contributed by atoms with Crippen LogP contribution in [-0.4, -0.2) is 48.3 Å². The Morgan fingerprint density at radius 1 is 1.09 bits per heavy atom. The van der Waals surface area contributed by atoms with Crippen LogP contribution in [0.3, 0.4) is 0 Å². The van der Waals surface area contributed by atoms with Gasteiger partial charge >= 0.3 is 5.97 Å². The number of likely N-dealkylation sites (N-methyl/N-ethyl adjacent to an activating group) is 1. The van der Waals surface area contributed by atoms with Gasteiger partial charge in [0.2, 0.25) is 5.60 Å². The number of aryl methyl sites for hydroxylation is 1. The molecule has 1 aliphatic rings. The highest BCUT2D eigenvalue weighted by molar-refractivity contribution is 7.12. The largest absolute Gasteiger partial charge is 1.00 e. The fourth-order valence-electron chi connectivity index (χ4n) is 4.51. The molecule has 0 saturated carbocycles. The Balaban J connectivity index is 0.00000289. The third-order valence-corrected chi connectivity index (χ3v) is 8.16. The average molecular weight is 537 g/mol. The Labute approximate surface area is 208 Å². The summed E-state index contributed by atoms with van der Waals surface area (Å²) in [6.07, 6.45) is 3.87. The van der Waals surface area contributed by atoms with E-state index in [0.29, 0.717) is 9.75 Å². The van der Waals surface area contributed by atoms with Crippen LogP contribution < -0.4 is 17.0 Å². The molecule has 4 nitrogen and oxygen atoms in total. The van der Waals surface area contributed by atoms with Gasteiger partial charge in [0.1, 0.15) is 6.54 Å². The molecule has 1 saturated heterocycles. The molecule has 1 unspecified atom stereocenters. The van der Waals surface area contributed by atoms with Crippen LogP contribution in [0, 0.1) is 0 Å². The number of benzene rings is 1. The number of piperidine rings is 1. The minimum absolute atomic E-state index is 0. The first kappa shape index (κ1) is 25.1. The van der Waals surface area contributed by atoms with Crippen LogP contribution in [0.25, 0.3) is 0 Å². The van der Waals surface area contributed by atoms with Crippen molar-refractivity contribution in [3.8, 4) is 0 Å². The smallest absolute Gasteiger partial charge is 0.349 e. The predicted octanol–water partition coefficient (Wildman–Crippen LogP) is 1.83. The van der Waals surface area contributed by atoms with Crippen molar-refractivity contribution >= 4 is 28.6 Å². The van der Waals surface area contributed by atoms with Crippen molar-refractivity contribution in [2.45, 2.75) is 37.4 Å². The normalized spacial score (nSPS) is 21.0.